The first-order valence-electron chi connectivity index (χ1n) is 9.22. The maximum absolute atomic E-state index is 12.6. The van der Waals surface area contributed by atoms with Gasteiger partial charge in [0.05, 0.1) is 6.04 Å². The van der Waals surface area contributed by atoms with Gasteiger partial charge in [-0.3, -0.25) is 9.59 Å². The van der Waals surface area contributed by atoms with Crippen LogP contribution in [0.15, 0.2) is 30.3 Å². The monoisotopic (exact) mass is 344 g/mol. The number of hydrogen-bond acceptors (Lipinski definition) is 3. The number of rotatable bonds is 9. The van der Waals surface area contributed by atoms with Crippen LogP contribution in [0.5, 0.6) is 0 Å². The number of aldehydes is 1. The number of likely N-dealkylation sites (tertiary alicyclic amines) is 1. The maximum Gasteiger partial charge on any atom is 0.223 e. The lowest BCUT2D eigenvalue weighted by Gasteiger charge is -2.24. The lowest BCUT2D eigenvalue weighted by Crippen LogP contribution is -2.37. The van der Waals surface area contributed by atoms with Gasteiger partial charge in [0.15, 0.2) is 0 Å². The van der Waals surface area contributed by atoms with E-state index in [1.807, 2.05) is 35.2 Å². The molecule has 0 aliphatic carbocycles. The first kappa shape index (κ1) is 19.2. The summed E-state index contributed by atoms with van der Waals surface area (Å²) in [6.45, 7) is 4.01. The molecule has 1 atom stereocenters. The fourth-order valence-corrected chi connectivity index (χ4v) is 3.20. The Morgan fingerprint density at radius 2 is 2.00 bits per heavy atom. The average molecular weight is 344 g/mol. The van der Waals surface area contributed by atoms with Gasteiger partial charge in [-0.1, -0.05) is 43.7 Å². The zero-order valence-electron chi connectivity index (χ0n) is 15.0. The van der Waals surface area contributed by atoms with Gasteiger partial charge in [-0.25, -0.2) is 0 Å². The number of unbranched alkanes of at least 4 members (excludes halogenated alkanes) is 1. The number of nitrogens with zero attached hydrogens (tertiary/aromatic N) is 2. The maximum atomic E-state index is 12.6. The highest BCUT2D eigenvalue weighted by Crippen LogP contribution is 2.17. The van der Waals surface area contributed by atoms with Crippen LogP contribution in [0, 0.1) is 0 Å². The molecule has 0 unspecified atom stereocenters. The van der Waals surface area contributed by atoms with Gasteiger partial charge < -0.3 is 14.6 Å². The Labute approximate surface area is 150 Å². The molecule has 2 rings (SSSR count). The van der Waals surface area contributed by atoms with Crippen molar-refractivity contribution in [2.45, 2.75) is 58.0 Å². The molecule has 2 amide bonds. The Balaban J connectivity index is 1.89. The smallest absolute Gasteiger partial charge is 0.223 e. The van der Waals surface area contributed by atoms with Gasteiger partial charge in [0.2, 0.25) is 11.8 Å². The van der Waals surface area contributed by atoms with Crippen LogP contribution in [0.25, 0.3) is 0 Å². The molecule has 5 heteroatoms. The number of carbonyl (C=O) groups excluding carboxylic acids is 3. The zero-order chi connectivity index (χ0) is 18.1. The minimum Gasteiger partial charge on any atom is -0.338 e. The summed E-state index contributed by atoms with van der Waals surface area (Å²) in [5.41, 5.74) is 1.10. The molecule has 1 aromatic rings. The molecule has 0 bridgehead atoms. The Morgan fingerprint density at radius 3 is 2.68 bits per heavy atom. The second-order valence-corrected chi connectivity index (χ2v) is 6.59. The van der Waals surface area contributed by atoms with Gasteiger partial charge in [0.1, 0.15) is 6.29 Å². The van der Waals surface area contributed by atoms with Crippen molar-refractivity contribution in [1.29, 1.82) is 0 Å². The quantitative estimate of drug-likeness (QED) is 0.647. The molecular weight excluding hydrogens is 316 g/mol. The van der Waals surface area contributed by atoms with E-state index in [4.69, 9.17) is 0 Å². The van der Waals surface area contributed by atoms with Crippen molar-refractivity contribution in [3.05, 3.63) is 35.9 Å². The third kappa shape index (κ3) is 5.69. The van der Waals surface area contributed by atoms with Crippen LogP contribution >= 0.6 is 0 Å². The van der Waals surface area contributed by atoms with Gasteiger partial charge >= 0.3 is 0 Å². The number of benzene rings is 1. The normalized spacial score (nSPS) is 16.7. The summed E-state index contributed by atoms with van der Waals surface area (Å²) in [7, 11) is 0. The number of amides is 2. The minimum absolute atomic E-state index is 0.00695. The number of hydrogen-bond donors (Lipinski definition) is 0. The standard InChI is InChI=1S/C20H28N2O3/c1-2-3-13-21(15-17-8-5-4-6-9-17)19(24)11-12-20(25)22-14-7-10-18(22)16-23/h4-6,8-9,16,18H,2-3,7,10-15H2,1H3/t18-/m0/s1. The van der Waals surface area contributed by atoms with Crippen LogP contribution in [-0.2, 0) is 20.9 Å². The molecule has 0 spiro atoms. The number of carbonyl (C=O) groups is 3. The van der Waals surface area contributed by atoms with E-state index in [9.17, 15) is 14.4 Å². The van der Waals surface area contributed by atoms with Crippen LogP contribution in [-0.4, -0.2) is 47.0 Å². The van der Waals surface area contributed by atoms with Crippen molar-refractivity contribution in [3.8, 4) is 0 Å². The second-order valence-electron chi connectivity index (χ2n) is 6.59. The van der Waals surface area contributed by atoms with Crippen LogP contribution in [0.3, 0.4) is 0 Å². The molecule has 1 aliphatic heterocycles. The first-order chi connectivity index (χ1) is 12.2. The highest BCUT2D eigenvalue weighted by atomic mass is 16.2. The van der Waals surface area contributed by atoms with Crippen molar-refractivity contribution in [2.24, 2.45) is 0 Å². The fourth-order valence-electron chi connectivity index (χ4n) is 3.20. The third-order valence-electron chi connectivity index (χ3n) is 4.68. The zero-order valence-corrected chi connectivity index (χ0v) is 15.0. The summed E-state index contributed by atoms with van der Waals surface area (Å²) in [6.07, 6.45) is 4.80. The Morgan fingerprint density at radius 1 is 1.24 bits per heavy atom. The van der Waals surface area contributed by atoms with Crippen molar-refractivity contribution in [3.63, 3.8) is 0 Å². The highest BCUT2D eigenvalue weighted by molar-refractivity contribution is 5.85. The summed E-state index contributed by atoms with van der Waals surface area (Å²) in [6, 6.07) is 9.61. The molecule has 1 fully saturated rings. The molecule has 5 nitrogen and oxygen atoms in total. The van der Waals surface area contributed by atoms with Crippen LogP contribution in [0.2, 0.25) is 0 Å². The molecule has 1 aromatic carbocycles. The van der Waals surface area contributed by atoms with E-state index in [1.54, 1.807) is 4.90 Å². The largest absolute Gasteiger partial charge is 0.338 e. The summed E-state index contributed by atoms with van der Waals surface area (Å²) in [4.78, 5) is 39.4. The Kier molecular flexibility index (Phi) is 7.64. The van der Waals surface area contributed by atoms with Crippen molar-refractivity contribution in [2.75, 3.05) is 13.1 Å². The molecule has 0 N–H and O–H groups in total. The lowest BCUT2D eigenvalue weighted by atomic mass is 10.1. The summed E-state index contributed by atoms with van der Waals surface area (Å²) >= 11 is 0. The first-order valence-corrected chi connectivity index (χ1v) is 9.22. The van der Waals surface area contributed by atoms with Gasteiger partial charge in [0, 0.05) is 32.5 Å². The summed E-state index contributed by atoms with van der Waals surface area (Å²) in [5.74, 6) is -0.0781. The topological polar surface area (TPSA) is 57.7 Å². The average Bonchev–Trinajstić information content (AvgIpc) is 3.12. The van der Waals surface area contributed by atoms with E-state index in [1.165, 1.54) is 0 Å². The van der Waals surface area contributed by atoms with Crippen LogP contribution in [0.1, 0.15) is 51.0 Å². The van der Waals surface area contributed by atoms with Crippen molar-refractivity contribution >= 4 is 18.1 Å². The predicted octanol–water partition coefficient (Wildman–Crippen LogP) is 2.79. The van der Waals surface area contributed by atoms with Crippen molar-refractivity contribution < 1.29 is 14.4 Å². The van der Waals surface area contributed by atoms with Gasteiger partial charge in [-0.05, 0) is 24.8 Å². The van der Waals surface area contributed by atoms with Gasteiger partial charge in [-0.15, -0.1) is 0 Å². The van der Waals surface area contributed by atoms with E-state index in [0.717, 1.165) is 37.5 Å². The molecule has 1 heterocycles. The SMILES string of the molecule is CCCCN(Cc1ccccc1)C(=O)CCC(=O)N1CCC[C@H]1C=O. The Hall–Kier alpha value is -2.17. The second kappa shape index (κ2) is 9.97. The van der Waals surface area contributed by atoms with E-state index < -0.39 is 0 Å². The molecule has 0 radical (unpaired) electrons. The van der Waals surface area contributed by atoms with Gasteiger partial charge in [0.25, 0.3) is 0 Å². The Bertz CT molecular complexity index is 574. The third-order valence-corrected chi connectivity index (χ3v) is 4.68. The summed E-state index contributed by atoms with van der Waals surface area (Å²) < 4.78 is 0. The van der Waals surface area contributed by atoms with Crippen molar-refractivity contribution in [1.82, 2.24) is 9.80 Å². The highest BCUT2D eigenvalue weighted by Gasteiger charge is 2.28. The molecule has 0 aromatic heterocycles. The fraction of sp³-hybridized carbons (Fsp3) is 0.550. The van der Waals surface area contributed by atoms with Gasteiger partial charge in [-0.2, -0.15) is 0 Å². The predicted molar refractivity (Wildman–Crippen MR) is 96.8 cm³/mol. The van der Waals surface area contributed by atoms with E-state index >= 15 is 0 Å². The minimum atomic E-state index is -0.303. The lowest BCUT2D eigenvalue weighted by molar-refractivity contribution is -0.138. The molecule has 1 aliphatic rings. The van der Waals surface area contributed by atoms with Crippen LogP contribution in [0.4, 0.5) is 0 Å². The van der Waals surface area contributed by atoms with Crippen LogP contribution < -0.4 is 0 Å². The molecule has 25 heavy (non-hydrogen) atoms. The van der Waals surface area contributed by atoms with E-state index in [2.05, 4.69) is 6.92 Å². The molecule has 0 saturated carbocycles. The summed E-state index contributed by atoms with van der Waals surface area (Å²) in [5, 5.41) is 0. The molecular formula is C20H28N2O3. The van der Waals surface area contributed by atoms with E-state index in [-0.39, 0.29) is 30.7 Å². The molecule has 136 valence electrons. The van der Waals surface area contributed by atoms with E-state index in [0.29, 0.717) is 19.6 Å². The molecule has 1 saturated heterocycles.